The lowest BCUT2D eigenvalue weighted by Crippen LogP contribution is -2.06. The minimum Gasteiger partial charge on any atom is -0.478 e. The van der Waals surface area contributed by atoms with Crippen molar-refractivity contribution in [2.45, 2.75) is 90.9 Å². The summed E-state index contributed by atoms with van der Waals surface area (Å²) in [5, 5.41) is 17.4. The van der Waals surface area contributed by atoms with Gasteiger partial charge in [0.25, 0.3) is 0 Å². The monoisotopic (exact) mass is 440 g/mol. The summed E-state index contributed by atoms with van der Waals surface area (Å²) in [5.74, 6) is -2.22. The predicted octanol–water partition coefficient (Wildman–Crippen LogP) is 7.93. The molecule has 0 fully saturated rings. The molecule has 0 amide bonds. The van der Waals surface area contributed by atoms with E-state index in [4.69, 9.17) is 10.2 Å². The van der Waals surface area contributed by atoms with Gasteiger partial charge in [-0.25, -0.2) is 9.59 Å². The lowest BCUT2D eigenvalue weighted by Gasteiger charge is -2.03. The molecule has 0 bridgehead atoms. The molecular weight excluding hydrogens is 400 g/mol. The zero-order valence-corrected chi connectivity index (χ0v) is 19.8. The van der Waals surface area contributed by atoms with Crippen LogP contribution in [0.4, 0.5) is 0 Å². The van der Waals surface area contributed by atoms with Gasteiger partial charge < -0.3 is 10.2 Å². The highest BCUT2D eigenvalue weighted by molar-refractivity contribution is 5.96. The van der Waals surface area contributed by atoms with E-state index in [1.165, 1.54) is 108 Å². The molecular formula is C28H40O4. The van der Waals surface area contributed by atoms with Gasteiger partial charge in [-0.05, 0) is 43.0 Å². The second-order valence-corrected chi connectivity index (χ2v) is 8.36. The van der Waals surface area contributed by atoms with Gasteiger partial charge in [-0.1, -0.05) is 108 Å². The first-order valence-corrected chi connectivity index (χ1v) is 12.1. The highest BCUT2D eigenvalue weighted by Crippen LogP contribution is 2.14. The summed E-state index contributed by atoms with van der Waals surface area (Å²) >= 11 is 0. The third kappa shape index (κ3) is 11.7. The molecule has 2 aromatic carbocycles. The van der Waals surface area contributed by atoms with Crippen molar-refractivity contribution < 1.29 is 19.8 Å². The summed E-state index contributed by atoms with van der Waals surface area (Å²) in [6.45, 7) is 3.77. The Morgan fingerprint density at radius 3 is 1.50 bits per heavy atom. The fourth-order valence-electron chi connectivity index (χ4n) is 3.74. The highest BCUT2D eigenvalue weighted by Gasteiger charge is 2.13. The summed E-state index contributed by atoms with van der Waals surface area (Å²) in [4.78, 5) is 21.2. The van der Waals surface area contributed by atoms with Crippen LogP contribution in [0.2, 0.25) is 0 Å². The Balaban J connectivity index is 0.000000343. The quantitative estimate of drug-likeness (QED) is 0.292. The van der Waals surface area contributed by atoms with Crippen LogP contribution in [0, 0.1) is 6.92 Å². The lowest BCUT2D eigenvalue weighted by atomic mass is 10.0. The zero-order chi connectivity index (χ0) is 23.6. The second kappa shape index (κ2) is 17.0. The molecule has 4 nitrogen and oxygen atoms in total. The molecule has 2 aromatic rings. The Hall–Kier alpha value is -2.62. The Morgan fingerprint density at radius 2 is 1.06 bits per heavy atom. The highest BCUT2D eigenvalue weighted by atomic mass is 16.4. The number of unbranched alkanes of at least 4 members (excludes halogenated alkanes) is 10. The predicted molar refractivity (Wildman–Crippen MR) is 132 cm³/mol. The van der Waals surface area contributed by atoms with E-state index in [0.29, 0.717) is 0 Å². The molecule has 0 aromatic heterocycles. The van der Waals surface area contributed by atoms with E-state index in [1.807, 2.05) is 0 Å². The van der Waals surface area contributed by atoms with Crippen molar-refractivity contribution in [3.05, 3.63) is 70.8 Å². The Morgan fingerprint density at radius 1 is 0.625 bits per heavy atom. The topological polar surface area (TPSA) is 74.6 Å². The van der Waals surface area contributed by atoms with Gasteiger partial charge in [0.1, 0.15) is 0 Å². The second-order valence-electron chi connectivity index (χ2n) is 8.36. The van der Waals surface area contributed by atoms with Crippen LogP contribution in [0.1, 0.15) is 109 Å². The Kier molecular flexibility index (Phi) is 14.6. The van der Waals surface area contributed by atoms with Gasteiger partial charge in [0.15, 0.2) is 0 Å². The van der Waals surface area contributed by atoms with Gasteiger partial charge in [-0.2, -0.15) is 0 Å². The van der Waals surface area contributed by atoms with Gasteiger partial charge >= 0.3 is 11.9 Å². The molecule has 0 unspecified atom stereocenters. The average molecular weight is 441 g/mol. The Bertz CT molecular complexity index is 751. The van der Waals surface area contributed by atoms with Crippen molar-refractivity contribution in [2.75, 3.05) is 0 Å². The standard InChI is InChI=1S/C19H32.C9H8O4/c1-2-3-4-5-6-7-8-9-10-11-13-16-19-17-14-12-15-18-19;1-5-6(8(10)11)3-2-4-7(5)9(12)13/h12,14-15,17-18H,2-11,13,16H2,1H3;2-4H,1H3,(H,10,11)(H,12,13). The molecule has 4 heteroatoms. The number of carbonyl (C=O) groups is 2. The van der Waals surface area contributed by atoms with E-state index in [-0.39, 0.29) is 16.7 Å². The van der Waals surface area contributed by atoms with E-state index in [0.717, 1.165) is 0 Å². The number of carboxylic acids is 2. The molecule has 0 aliphatic carbocycles. The first-order valence-electron chi connectivity index (χ1n) is 12.1. The summed E-state index contributed by atoms with van der Waals surface area (Å²) in [6.07, 6.45) is 17.0. The molecule has 32 heavy (non-hydrogen) atoms. The maximum Gasteiger partial charge on any atom is 0.335 e. The molecule has 0 aliphatic heterocycles. The number of hydrogen-bond donors (Lipinski definition) is 2. The van der Waals surface area contributed by atoms with Crippen LogP contribution in [0.15, 0.2) is 48.5 Å². The molecule has 0 radical (unpaired) electrons. The van der Waals surface area contributed by atoms with Gasteiger partial charge in [-0.3, -0.25) is 0 Å². The van der Waals surface area contributed by atoms with Gasteiger partial charge in [-0.15, -0.1) is 0 Å². The third-order valence-corrected chi connectivity index (χ3v) is 5.71. The average Bonchev–Trinajstić information content (AvgIpc) is 2.78. The Labute approximate surface area is 193 Å². The fourth-order valence-corrected chi connectivity index (χ4v) is 3.74. The van der Waals surface area contributed by atoms with Gasteiger partial charge in [0.05, 0.1) is 11.1 Å². The van der Waals surface area contributed by atoms with E-state index in [1.54, 1.807) is 0 Å². The van der Waals surface area contributed by atoms with Crippen LogP contribution < -0.4 is 0 Å². The van der Waals surface area contributed by atoms with Crippen molar-refractivity contribution in [1.29, 1.82) is 0 Å². The minimum absolute atomic E-state index is 0.0277. The van der Waals surface area contributed by atoms with E-state index in [2.05, 4.69) is 37.3 Å². The number of rotatable bonds is 14. The van der Waals surface area contributed by atoms with Crippen molar-refractivity contribution in [3.63, 3.8) is 0 Å². The summed E-state index contributed by atoms with van der Waals surface area (Å²) in [7, 11) is 0. The third-order valence-electron chi connectivity index (χ3n) is 5.71. The molecule has 0 atom stereocenters. The minimum atomic E-state index is -1.11. The van der Waals surface area contributed by atoms with E-state index < -0.39 is 11.9 Å². The smallest absolute Gasteiger partial charge is 0.335 e. The van der Waals surface area contributed by atoms with Crippen molar-refractivity contribution in [3.8, 4) is 0 Å². The van der Waals surface area contributed by atoms with Crippen molar-refractivity contribution in [1.82, 2.24) is 0 Å². The van der Waals surface area contributed by atoms with E-state index >= 15 is 0 Å². The number of aryl methyl sites for hydroxylation is 1. The lowest BCUT2D eigenvalue weighted by molar-refractivity contribution is 0.0696. The molecule has 0 aliphatic rings. The van der Waals surface area contributed by atoms with Crippen molar-refractivity contribution in [2.24, 2.45) is 0 Å². The molecule has 2 rings (SSSR count). The maximum atomic E-state index is 10.6. The molecule has 0 saturated carbocycles. The first-order chi connectivity index (χ1) is 15.5. The summed E-state index contributed by atoms with van der Waals surface area (Å²) in [5.41, 5.74) is 1.83. The molecule has 176 valence electrons. The fraction of sp³-hybridized carbons (Fsp3) is 0.500. The summed E-state index contributed by atoms with van der Waals surface area (Å²) < 4.78 is 0. The number of hydrogen-bond acceptors (Lipinski definition) is 2. The number of aromatic carboxylic acids is 2. The molecule has 0 spiro atoms. The van der Waals surface area contributed by atoms with Gasteiger partial charge in [0.2, 0.25) is 0 Å². The van der Waals surface area contributed by atoms with Crippen molar-refractivity contribution >= 4 is 11.9 Å². The van der Waals surface area contributed by atoms with Crippen LogP contribution in [-0.4, -0.2) is 22.2 Å². The summed E-state index contributed by atoms with van der Waals surface area (Å²) in [6, 6.07) is 15.1. The van der Waals surface area contributed by atoms with Crippen LogP contribution >= 0.6 is 0 Å². The molecule has 0 heterocycles. The van der Waals surface area contributed by atoms with Gasteiger partial charge in [0, 0.05) is 0 Å². The first kappa shape index (κ1) is 27.4. The van der Waals surface area contributed by atoms with Crippen LogP contribution in [0.3, 0.4) is 0 Å². The number of carboxylic acid groups (broad SMARTS) is 2. The normalized spacial score (nSPS) is 10.3. The largest absolute Gasteiger partial charge is 0.478 e. The molecule has 2 N–H and O–H groups in total. The molecule has 0 saturated heterocycles. The number of benzene rings is 2. The zero-order valence-electron chi connectivity index (χ0n) is 19.8. The van der Waals surface area contributed by atoms with Crippen LogP contribution in [0.5, 0.6) is 0 Å². The van der Waals surface area contributed by atoms with E-state index in [9.17, 15) is 9.59 Å². The SMILES string of the molecule is CCCCCCCCCCCCCc1ccccc1.Cc1c(C(=O)O)cccc1C(=O)O. The van der Waals surface area contributed by atoms with Crippen LogP contribution in [0.25, 0.3) is 0 Å². The maximum absolute atomic E-state index is 10.6. The van der Waals surface area contributed by atoms with Crippen LogP contribution in [-0.2, 0) is 6.42 Å².